The van der Waals surface area contributed by atoms with Crippen molar-refractivity contribution in [3.05, 3.63) is 59.2 Å². The Bertz CT molecular complexity index is 705. The number of fused-ring (bicyclic) bond motifs is 2. The van der Waals surface area contributed by atoms with Gasteiger partial charge in [0, 0.05) is 17.5 Å². The topological polar surface area (TPSA) is 35.5 Å². The normalized spacial score (nSPS) is 19.1. The van der Waals surface area contributed by atoms with E-state index in [0.717, 1.165) is 41.0 Å². The van der Waals surface area contributed by atoms with Crippen molar-refractivity contribution in [1.29, 1.82) is 0 Å². The molecule has 4 rings (SSSR count). The maximum atomic E-state index is 12.9. The molecule has 0 saturated carbocycles. The van der Waals surface area contributed by atoms with Crippen LogP contribution >= 0.6 is 0 Å². The van der Waals surface area contributed by atoms with Crippen LogP contribution in [0.25, 0.3) is 0 Å². The van der Waals surface area contributed by atoms with Gasteiger partial charge in [-0.15, -0.1) is 0 Å². The summed E-state index contributed by atoms with van der Waals surface area (Å²) in [5.41, 5.74) is 2.92. The van der Waals surface area contributed by atoms with Gasteiger partial charge >= 0.3 is 0 Å². The molecule has 3 heteroatoms. The van der Waals surface area contributed by atoms with Gasteiger partial charge in [-0.3, -0.25) is 4.79 Å². The van der Waals surface area contributed by atoms with Crippen LogP contribution in [-0.2, 0) is 6.42 Å². The average molecular weight is 280 g/mol. The fraction of sp³-hybridized carbons (Fsp3) is 0.278. The van der Waals surface area contributed by atoms with Crippen LogP contribution in [0.4, 0.5) is 0 Å². The molecule has 2 heterocycles. The standard InChI is InChI=1S/C18H16O3/c19-18(13-5-6-16-12(11-13)7-9-20-16)15-8-10-21-17-4-2-1-3-14(15)17/h1-6,11,15H,7-10H2. The molecule has 0 N–H and O–H groups in total. The maximum Gasteiger partial charge on any atom is 0.170 e. The van der Waals surface area contributed by atoms with E-state index < -0.39 is 0 Å². The summed E-state index contributed by atoms with van der Waals surface area (Å²) in [7, 11) is 0. The van der Waals surface area contributed by atoms with Crippen molar-refractivity contribution in [3.8, 4) is 11.5 Å². The molecule has 2 aliphatic rings. The Morgan fingerprint density at radius 1 is 1.00 bits per heavy atom. The summed E-state index contributed by atoms with van der Waals surface area (Å²) in [6.45, 7) is 1.31. The molecular weight excluding hydrogens is 264 g/mol. The molecule has 0 fully saturated rings. The smallest absolute Gasteiger partial charge is 0.170 e. The lowest BCUT2D eigenvalue weighted by molar-refractivity contribution is 0.0933. The minimum atomic E-state index is -0.102. The van der Waals surface area contributed by atoms with Crippen molar-refractivity contribution in [2.45, 2.75) is 18.8 Å². The Morgan fingerprint density at radius 3 is 2.81 bits per heavy atom. The van der Waals surface area contributed by atoms with Crippen LogP contribution in [-0.4, -0.2) is 19.0 Å². The van der Waals surface area contributed by atoms with E-state index >= 15 is 0 Å². The van der Waals surface area contributed by atoms with Crippen molar-refractivity contribution >= 4 is 5.78 Å². The van der Waals surface area contributed by atoms with E-state index in [1.54, 1.807) is 0 Å². The molecule has 21 heavy (non-hydrogen) atoms. The number of hydrogen-bond acceptors (Lipinski definition) is 3. The molecule has 0 aromatic heterocycles. The number of rotatable bonds is 2. The fourth-order valence-electron chi connectivity index (χ4n) is 3.16. The molecule has 0 spiro atoms. The Kier molecular flexibility index (Phi) is 2.92. The molecule has 0 bridgehead atoms. The summed E-state index contributed by atoms with van der Waals surface area (Å²) in [5.74, 6) is 1.83. The van der Waals surface area contributed by atoms with E-state index in [0.29, 0.717) is 13.2 Å². The number of carbonyl (C=O) groups is 1. The first kappa shape index (κ1) is 12.5. The highest BCUT2D eigenvalue weighted by atomic mass is 16.5. The summed E-state index contributed by atoms with van der Waals surface area (Å²) in [5, 5.41) is 0. The summed E-state index contributed by atoms with van der Waals surface area (Å²) in [4.78, 5) is 12.9. The molecule has 0 saturated heterocycles. The number of benzene rings is 2. The maximum absolute atomic E-state index is 12.9. The van der Waals surface area contributed by atoms with Gasteiger partial charge in [0.05, 0.1) is 19.1 Å². The van der Waals surface area contributed by atoms with Gasteiger partial charge in [-0.1, -0.05) is 18.2 Å². The number of hydrogen-bond donors (Lipinski definition) is 0. The second-order valence-corrected chi connectivity index (χ2v) is 5.51. The predicted octanol–water partition coefficient (Wildman–Crippen LogP) is 3.37. The summed E-state index contributed by atoms with van der Waals surface area (Å²) in [6.07, 6.45) is 1.63. The molecular formula is C18H16O3. The second-order valence-electron chi connectivity index (χ2n) is 5.51. The highest BCUT2D eigenvalue weighted by molar-refractivity contribution is 6.01. The molecule has 2 aromatic carbocycles. The molecule has 0 radical (unpaired) electrons. The molecule has 1 atom stereocenters. The van der Waals surface area contributed by atoms with Crippen molar-refractivity contribution in [2.75, 3.05) is 13.2 Å². The zero-order valence-electron chi connectivity index (χ0n) is 11.7. The molecule has 0 aliphatic carbocycles. The van der Waals surface area contributed by atoms with Gasteiger partial charge in [0.15, 0.2) is 5.78 Å². The minimum Gasteiger partial charge on any atom is -0.493 e. The number of ketones is 1. The molecule has 3 nitrogen and oxygen atoms in total. The Balaban J connectivity index is 1.70. The summed E-state index contributed by atoms with van der Waals surface area (Å²) >= 11 is 0. The largest absolute Gasteiger partial charge is 0.493 e. The zero-order chi connectivity index (χ0) is 14.2. The molecule has 2 aliphatic heterocycles. The van der Waals surface area contributed by atoms with E-state index in [9.17, 15) is 4.79 Å². The lowest BCUT2D eigenvalue weighted by Gasteiger charge is -2.25. The lowest BCUT2D eigenvalue weighted by Crippen LogP contribution is -2.21. The minimum absolute atomic E-state index is 0.102. The van der Waals surface area contributed by atoms with Gasteiger partial charge in [0.2, 0.25) is 0 Å². The number of carbonyl (C=O) groups excluding carboxylic acids is 1. The van der Waals surface area contributed by atoms with Gasteiger partial charge in [-0.05, 0) is 36.2 Å². The Morgan fingerprint density at radius 2 is 1.86 bits per heavy atom. The number of Topliss-reactive ketones (excluding diaryl/α,β-unsaturated/α-hetero) is 1. The van der Waals surface area contributed by atoms with Crippen LogP contribution in [0, 0.1) is 0 Å². The van der Waals surface area contributed by atoms with Gasteiger partial charge in [0.1, 0.15) is 11.5 Å². The van der Waals surface area contributed by atoms with Crippen LogP contribution in [0.3, 0.4) is 0 Å². The summed E-state index contributed by atoms with van der Waals surface area (Å²) < 4.78 is 11.1. The Hall–Kier alpha value is -2.29. The fourth-order valence-corrected chi connectivity index (χ4v) is 3.16. The van der Waals surface area contributed by atoms with Gasteiger partial charge in [-0.25, -0.2) is 0 Å². The monoisotopic (exact) mass is 280 g/mol. The SMILES string of the molecule is O=C(c1ccc2c(c1)CCO2)C1CCOc2ccccc21. The van der Waals surface area contributed by atoms with Crippen molar-refractivity contribution in [1.82, 2.24) is 0 Å². The lowest BCUT2D eigenvalue weighted by atomic mass is 9.86. The quantitative estimate of drug-likeness (QED) is 0.791. The van der Waals surface area contributed by atoms with Crippen LogP contribution in [0.15, 0.2) is 42.5 Å². The third kappa shape index (κ3) is 2.09. The molecule has 1 unspecified atom stereocenters. The number of para-hydroxylation sites is 1. The summed E-state index contributed by atoms with van der Waals surface area (Å²) in [6, 6.07) is 13.6. The highest BCUT2D eigenvalue weighted by Crippen LogP contribution is 2.36. The third-order valence-electron chi connectivity index (χ3n) is 4.25. The van der Waals surface area contributed by atoms with Crippen LogP contribution in [0.5, 0.6) is 11.5 Å². The van der Waals surface area contributed by atoms with E-state index in [4.69, 9.17) is 9.47 Å². The zero-order valence-corrected chi connectivity index (χ0v) is 11.7. The molecule has 106 valence electrons. The second kappa shape index (κ2) is 4.92. The van der Waals surface area contributed by atoms with Crippen LogP contribution in [0.2, 0.25) is 0 Å². The first-order chi connectivity index (χ1) is 10.3. The van der Waals surface area contributed by atoms with Gasteiger partial charge < -0.3 is 9.47 Å². The van der Waals surface area contributed by atoms with Crippen molar-refractivity contribution in [3.63, 3.8) is 0 Å². The third-order valence-corrected chi connectivity index (χ3v) is 4.25. The van der Waals surface area contributed by atoms with Gasteiger partial charge in [0.25, 0.3) is 0 Å². The van der Waals surface area contributed by atoms with E-state index in [1.165, 1.54) is 0 Å². The first-order valence-electron chi connectivity index (χ1n) is 7.34. The molecule has 2 aromatic rings. The van der Waals surface area contributed by atoms with Crippen LogP contribution in [0.1, 0.15) is 33.8 Å². The first-order valence-corrected chi connectivity index (χ1v) is 7.34. The number of ether oxygens (including phenoxy) is 2. The average Bonchev–Trinajstić information content (AvgIpc) is 3.01. The van der Waals surface area contributed by atoms with Crippen LogP contribution < -0.4 is 9.47 Å². The Labute approximate surface area is 123 Å². The van der Waals surface area contributed by atoms with E-state index in [-0.39, 0.29) is 11.7 Å². The predicted molar refractivity (Wildman–Crippen MR) is 79.3 cm³/mol. The van der Waals surface area contributed by atoms with Gasteiger partial charge in [-0.2, -0.15) is 0 Å². The van der Waals surface area contributed by atoms with E-state index in [1.807, 2.05) is 42.5 Å². The highest BCUT2D eigenvalue weighted by Gasteiger charge is 2.28. The van der Waals surface area contributed by atoms with Crippen molar-refractivity contribution in [2.24, 2.45) is 0 Å². The van der Waals surface area contributed by atoms with Crippen molar-refractivity contribution < 1.29 is 14.3 Å². The molecule has 0 amide bonds. The van der Waals surface area contributed by atoms with E-state index in [2.05, 4.69) is 0 Å².